The maximum Gasteiger partial charge on any atom is 0.240 e. The van der Waals surface area contributed by atoms with Crippen molar-refractivity contribution in [3.63, 3.8) is 0 Å². The van der Waals surface area contributed by atoms with Crippen molar-refractivity contribution in [1.29, 1.82) is 0 Å². The first-order chi connectivity index (χ1) is 5.66. The van der Waals surface area contributed by atoms with E-state index in [1.807, 2.05) is 0 Å². The molecular formula is C9H14O3. The van der Waals surface area contributed by atoms with Gasteiger partial charge in [0.2, 0.25) is 11.5 Å². The zero-order chi connectivity index (χ0) is 9.14. The lowest BCUT2D eigenvalue weighted by molar-refractivity contribution is -0.122. The molecule has 0 aromatic carbocycles. The maximum absolute atomic E-state index is 11.0. The van der Waals surface area contributed by atoms with Gasteiger partial charge in [-0.05, 0) is 13.3 Å². The number of rotatable bonds is 3. The number of carbonyl (C=O) groups is 1. The molecule has 0 saturated heterocycles. The number of hydrogen-bond acceptors (Lipinski definition) is 3. The number of aliphatic hydroxyl groups is 1. The highest BCUT2D eigenvalue weighted by Crippen LogP contribution is 2.23. The number of ketones is 1. The number of carbonyl (C=O) groups excluding carboxylic acids is 1. The van der Waals surface area contributed by atoms with Gasteiger partial charge in [-0.25, -0.2) is 0 Å². The van der Waals surface area contributed by atoms with E-state index in [2.05, 4.69) is 6.92 Å². The lowest BCUT2D eigenvalue weighted by Crippen LogP contribution is -2.12. The molecule has 1 rings (SSSR count). The molecule has 1 aliphatic heterocycles. The van der Waals surface area contributed by atoms with Gasteiger partial charge in [0, 0.05) is 6.42 Å². The highest BCUT2D eigenvalue weighted by Gasteiger charge is 2.30. The van der Waals surface area contributed by atoms with Crippen LogP contribution in [0.15, 0.2) is 11.5 Å². The van der Waals surface area contributed by atoms with Gasteiger partial charge in [-0.1, -0.05) is 13.3 Å². The van der Waals surface area contributed by atoms with E-state index in [9.17, 15) is 9.90 Å². The third kappa shape index (κ3) is 1.60. The minimum Gasteiger partial charge on any atom is -0.502 e. The first kappa shape index (κ1) is 9.10. The Morgan fingerprint density at radius 1 is 1.58 bits per heavy atom. The smallest absolute Gasteiger partial charge is 0.240 e. The zero-order valence-corrected chi connectivity index (χ0v) is 7.46. The second kappa shape index (κ2) is 3.61. The minimum absolute atomic E-state index is 0.170. The van der Waals surface area contributed by atoms with Crippen LogP contribution in [0.2, 0.25) is 0 Å². The Morgan fingerprint density at radius 3 is 2.67 bits per heavy atom. The molecule has 0 aromatic heterocycles. The number of unbranched alkanes of at least 4 members (excludes halogenated alkanes) is 1. The van der Waals surface area contributed by atoms with Crippen molar-refractivity contribution in [3.8, 4) is 0 Å². The molecule has 1 atom stereocenters. The van der Waals surface area contributed by atoms with E-state index in [1.165, 1.54) is 0 Å². The van der Waals surface area contributed by atoms with Crippen LogP contribution in [0.25, 0.3) is 0 Å². The summed E-state index contributed by atoms with van der Waals surface area (Å²) in [6, 6.07) is 0. The summed E-state index contributed by atoms with van der Waals surface area (Å²) in [6.07, 6.45) is 2.15. The number of allylic oxidation sites excluding steroid dienone is 1. The van der Waals surface area contributed by atoms with Gasteiger partial charge in [0.1, 0.15) is 5.76 Å². The SMILES string of the molecule is CCCCC1=C(O)C(=O)C(C)O1. The van der Waals surface area contributed by atoms with E-state index in [1.54, 1.807) is 6.92 Å². The molecule has 0 aliphatic carbocycles. The van der Waals surface area contributed by atoms with Crippen LogP contribution in [0, 0.1) is 0 Å². The molecule has 0 bridgehead atoms. The molecule has 1 N–H and O–H groups in total. The molecule has 1 unspecified atom stereocenters. The monoisotopic (exact) mass is 170 g/mol. The Bertz CT molecular complexity index is 218. The summed E-state index contributed by atoms with van der Waals surface area (Å²) >= 11 is 0. The number of hydrogen-bond donors (Lipinski definition) is 1. The van der Waals surface area contributed by atoms with Gasteiger partial charge in [-0.3, -0.25) is 4.79 Å². The summed E-state index contributed by atoms with van der Waals surface area (Å²) < 4.78 is 5.17. The van der Waals surface area contributed by atoms with Gasteiger partial charge in [0.05, 0.1) is 0 Å². The van der Waals surface area contributed by atoms with Crippen molar-refractivity contribution >= 4 is 5.78 Å². The highest BCUT2D eigenvalue weighted by atomic mass is 16.5. The molecular weight excluding hydrogens is 156 g/mol. The van der Waals surface area contributed by atoms with E-state index in [0.717, 1.165) is 12.8 Å². The van der Waals surface area contributed by atoms with Crippen molar-refractivity contribution in [1.82, 2.24) is 0 Å². The van der Waals surface area contributed by atoms with Gasteiger partial charge >= 0.3 is 0 Å². The van der Waals surface area contributed by atoms with E-state index in [0.29, 0.717) is 12.2 Å². The van der Waals surface area contributed by atoms with E-state index < -0.39 is 6.10 Å². The normalized spacial score (nSPS) is 23.2. The van der Waals surface area contributed by atoms with Gasteiger partial charge in [-0.15, -0.1) is 0 Å². The van der Waals surface area contributed by atoms with Crippen molar-refractivity contribution in [3.05, 3.63) is 11.5 Å². The van der Waals surface area contributed by atoms with Crippen LogP contribution in [0.5, 0.6) is 0 Å². The topological polar surface area (TPSA) is 46.5 Å². The fourth-order valence-electron chi connectivity index (χ4n) is 1.17. The first-order valence-electron chi connectivity index (χ1n) is 4.29. The minimum atomic E-state index is -0.489. The summed E-state index contributed by atoms with van der Waals surface area (Å²) in [5, 5.41) is 9.26. The van der Waals surface area contributed by atoms with Crippen LogP contribution in [0.4, 0.5) is 0 Å². The fourth-order valence-corrected chi connectivity index (χ4v) is 1.17. The van der Waals surface area contributed by atoms with Gasteiger partial charge < -0.3 is 9.84 Å². The molecule has 3 nitrogen and oxygen atoms in total. The van der Waals surface area contributed by atoms with E-state index >= 15 is 0 Å². The van der Waals surface area contributed by atoms with Crippen molar-refractivity contribution in [2.24, 2.45) is 0 Å². The molecule has 3 heteroatoms. The van der Waals surface area contributed by atoms with Gasteiger partial charge in [-0.2, -0.15) is 0 Å². The van der Waals surface area contributed by atoms with Crippen molar-refractivity contribution in [2.75, 3.05) is 0 Å². The van der Waals surface area contributed by atoms with Crippen LogP contribution in [0.1, 0.15) is 33.1 Å². The predicted molar refractivity (Wildman–Crippen MR) is 44.7 cm³/mol. The third-order valence-electron chi connectivity index (χ3n) is 1.94. The Hall–Kier alpha value is -0.990. The third-order valence-corrected chi connectivity index (χ3v) is 1.94. The number of aliphatic hydroxyl groups excluding tert-OH is 1. The van der Waals surface area contributed by atoms with Gasteiger partial charge in [0.25, 0.3) is 0 Å². The average molecular weight is 170 g/mol. The lowest BCUT2D eigenvalue weighted by Gasteiger charge is -2.04. The molecule has 0 radical (unpaired) electrons. The largest absolute Gasteiger partial charge is 0.502 e. The van der Waals surface area contributed by atoms with E-state index in [-0.39, 0.29) is 11.5 Å². The van der Waals surface area contributed by atoms with Crippen LogP contribution >= 0.6 is 0 Å². The second-order valence-corrected chi connectivity index (χ2v) is 3.00. The summed E-state index contributed by atoms with van der Waals surface area (Å²) in [6.45, 7) is 3.70. The molecule has 0 amide bonds. The van der Waals surface area contributed by atoms with Gasteiger partial charge in [0.15, 0.2) is 6.10 Å². The van der Waals surface area contributed by atoms with Crippen molar-refractivity contribution < 1.29 is 14.6 Å². The maximum atomic E-state index is 11.0. The summed E-state index contributed by atoms with van der Waals surface area (Å²) in [7, 11) is 0. The van der Waals surface area contributed by atoms with Crippen LogP contribution < -0.4 is 0 Å². The fraction of sp³-hybridized carbons (Fsp3) is 0.667. The summed E-state index contributed by atoms with van der Waals surface area (Å²) in [5.41, 5.74) is 0. The zero-order valence-electron chi connectivity index (χ0n) is 7.46. The average Bonchev–Trinajstić information content (AvgIpc) is 2.30. The quantitative estimate of drug-likeness (QED) is 0.704. The Labute approximate surface area is 72.0 Å². The van der Waals surface area contributed by atoms with Crippen molar-refractivity contribution in [2.45, 2.75) is 39.2 Å². The first-order valence-corrected chi connectivity index (χ1v) is 4.29. The molecule has 1 heterocycles. The number of ether oxygens (including phenoxy) is 1. The summed E-state index contributed by atoms with van der Waals surface area (Å²) in [5.74, 6) is 0.00593. The number of Topliss-reactive ketones (excluding diaryl/α,β-unsaturated/α-hetero) is 1. The highest BCUT2D eigenvalue weighted by molar-refractivity contribution is 5.98. The van der Waals surface area contributed by atoms with Crippen LogP contribution in [-0.4, -0.2) is 17.0 Å². The molecule has 0 fully saturated rings. The molecule has 0 saturated carbocycles. The second-order valence-electron chi connectivity index (χ2n) is 3.00. The molecule has 12 heavy (non-hydrogen) atoms. The Kier molecular flexibility index (Phi) is 2.74. The molecule has 68 valence electrons. The predicted octanol–water partition coefficient (Wildman–Crippen LogP) is 1.93. The Balaban J connectivity index is 2.59. The molecule has 0 aromatic rings. The van der Waals surface area contributed by atoms with Crippen LogP contribution in [-0.2, 0) is 9.53 Å². The van der Waals surface area contributed by atoms with E-state index in [4.69, 9.17) is 4.74 Å². The Morgan fingerprint density at radius 2 is 2.25 bits per heavy atom. The molecule has 1 aliphatic rings. The lowest BCUT2D eigenvalue weighted by atomic mass is 10.2. The van der Waals surface area contributed by atoms with Crippen LogP contribution in [0.3, 0.4) is 0 Å². The standard InChI is InChI=1S/C9H14O3/c1-3-4-5-7-9(11)8(10)6(2)12-7/h6,11H,3-5H2,1-2H3. The summed E-state index contributed by atoms with van der Waals surface area (Å²) in [4.78, 5) is 11.0. The molecule has 0 spiro atoms.